The van der Waals surface area contributed by atoms with E-state index in [1.807, 2.05) is 31.2 Å². The topological polar surface area (TPSA) is 34.9 Å². The van der Waals surface area contributed by atoms with Crippen LogP contribution in [0.25, 0.3) is 5.69 Å². The molecular weight excluding hydrogens is 256 g/mol. The molecule has 2 rings (SSSR count). The molecule has 3 nitrogen and oxygen atoms in total. The Balaban J connectivity index is 2.65. The van der Waals surface area contributed by atoms with Gasteiger partial charge in [-0.15, -0.1) is 0 Å². The van der Waals surface area contributed by atoms with Gasteiger partial charge in [0.05, 0.1) is 11.9 Å². The monoisotopic (exact) mass is 264 g/mol. The highest BCUT2D eigenvalue weighted by molar-refractivity contribution is 9.10. The predicted molar refractivity (Wildman–Crippen MR) is 62.3 cm³/mol. The van der Waals surface area contributed by atoms with Crippen molar-refractivity contribution < 1.29 is 0 Å². The van der Waals surface area contributed by atoms with E-state index in [-0.39, 0.29) is 5.56 Å². The van der Waals surface area contributed by atoms with Gasteiger partial charge in [0.25, 0.3) is 5.56 Å². The van der Waals surface area contributed by atoms with Gasteiger partial charge in [-0.1, -0.05) is 12.1 Å². The molecule has 4 heteroatoms. The molecule has 0 unspecified atom stereocenters. The Hall–Kier alpha value is -1.42. The van der Waals surface area contributed by atoms with Crippen LogP contribution in [0.15, 0.2) is 45.8 Å². The lowest BCUT2D eigenvalue weighted by Crippen LogP contribution is -2.20. The van der Waals surface area contributed by atoms with E-state index < -0.39 is 0 Å². The average molecular weight is 265 g/mol. The molecule has 0 bridgehead atoms. The van der Waals surface area contributed by atoms with Crippen LogP contribution in [0.2, 0.25) is 0 Å². The molecular formula is C11H9BrN2O. The van der Waals surface area contributed by atoms with Crippen LogP contribution in [0.4, 0.5) is 0 Å². The number of nitrogens with zero attached hydrogens (tertiary/aromatic N) is 2. The fraction of sp³-hybridized carbons (Fsp3) is 0.0909. The highest BCUT2D eigenvalue weighted by Gasteiger charge is 2.04. The van der Waals surface area contributed by atoms with Gasteiger partial charge in [0.1, 0.15) is 0 Å². The number of para-hydroxylation sites is 1. The molecule has 0 radical (unpaired) electrons. The molecule has 1 aromatic carbocycles. The van der Waals surface area contributed by atoms with Gasteiger partial charge < -0.3 is 0 Å². The molecule has 0 aliphatic rings. The van der Waals surface area contributed by atoms with Gasteiger partial charge >= 0.3 is 0 Å². The normalized spacial score (nSPS) is 10.3. The van der Waals surface area contributed by atoms with Gasteiger partial charge in [-0.3, -0.25) is 4.79 Å². The second-order valence-corrected chi connectivity index (χ2v) is 4.09. The first-order chi connectivity index (χ1) is 7.18. The van der Waals surface area contributed by atoms with Crippen LogP contribution in [-0.2, 0) is 0 Å². The minimum Gasteiger partial charge on any atom is -0.267 e. The van der Waals surface area contributed by atoms with Crippen molar-refractivity contribution in [2.45, 2.75) is 6.92 Å². The first kappa shape index (κ1) is 10.1. The fourth-order valence-corrected chi connectivity index (χ4v) is 1.76. The van der Waals surface area contributed by atoms with Gasteiger partial charge in [-0.05, 0) is 40.5 Å². The smallest absolute Gasteiger partial charge is 0.267 e. The van der Waals surface area contributed by atoms with Crippen LogP contribution in [0.1, 0.15) is 5.56 Å². The van der Waals surface area contributed by atoms with Gasteiger partial charge in [-0.25, -0.2) is 0 Å². The maximum Gasteiger partial charge on any atom is 0.271 e. The Labute approximate surface area is 95.5 Å². The van der Waals surface area contributed by atoms with E-state index in [9.17, 15) is 4.79 Å². The third-order valence-electron chi connectivity index (χ3n) is 2.02. The van der Waals surface area contributed by atoms with Gasteiger partial charge in [0.15, 0.2) is 0 Å². The van der Waals surface area contributed by atoms with E-state index in [1.54, 1.807) is 12.3 Å². The summed E-state index contributed by atoms with van der Waals surface area (Å²) in [4.78, 5) is 11.7. The Morgan fingerprint density at radius 3 is 2.73 bits per heavy atom. The minimum absolute atomic E-state index is 0.123. The maximum absolute atomic E-state index is 11.7. The molecule has 0 saturated heterocycles. The van der Waals surface area contributed by atoms with Crippen molar-refractivity contribution in [2.75, 3.05) is 0 Å². The summed E-state index contributed by atoms with van der Waals surface area (Å²) in [6.07, 6.45) is 1.67. The molecule has 15 heavy (non-hydrogen) atoms. The Kier molecular flexibility index (Phi) is 2.68. The lowest BCUT2D eigenvalue weighted by atomic mass is 10.3. The number of rotatable bonds is 1. The summed E-state index contributed by atoms with van der Waals surface area (Å²) in [5.41, 5.74) is 1.49. The lowest BCUT2D eigenvalue weighted by molar-refractivity contribution is 0.797. The summed E-state index contributed by atoms with van der Waals surface area (Å²) >= 11 is 3.39. The number of hydrogen-bond donors (Lipinski definition) is 0. The summed E-state index contributed by atoms with van der Waals surface area (Å²) in [6, 6.07) is 9.05. The highest BCUT2D eigenvalue weighted by atomic mass is 79.9. The average Bonchev–Trinajstić information content (AvgIpc) is 2.20. The van der Waals surface area contributed by atoms with Crippen LogP contribution in [0.3, 0.4) is 0 Å². The molecule has 0 aliphatic heterocycles. The number of benzene rings is 1. The summed E-state index contributed by atoms with van der Waals surface area (Å²) < 4.78 is 2.22. The summed E-state index contributed by atoms with van der Waals surface area (Å²) in [5.74, 6) is 0. The van der Waals surface area contributed by atoms with Crippen molar-refractivity contribution in [1.29, 1.82) is 0 Å². The van der Waals surface area contributed by atoms with E-state index in [2.05, 4.69) is 21.0 Å². The summed E-state index contributed by atoms with van der Waals surface area (Å²) in [7, 11) is 0. The quantitative estimate of drug-likeness (QED) is 0.793. The zero-order chi connectivity index (χ0) is 10.8. The molecule has 2 aromatic rings. The number of hydrogen-bond acceptors (Lipinski definition) is 2. The van der Waals surface area contributed by atoms with Crippen LogP contribution >= 0.6 is 15.9 Å². The molecule has 0 saturated carbocycles. The fourth-order valence-electron chi connectivity index (χ4n) is 1.30. The zero-order valence-corrected chi connectivity index (χ0v) is 9.73. The van der Waals surface area contributed by atoms with Gasteiger partial charge in [-0.2, -0.15) is 9.78 Å². The molecule has 0 amide bonds. The van der Waals surface area contributed by atoms with E-state index in [0.717, 1.165) is 15.7 Å². The van der Waals surface area contributed by atoms with Crippen LogP contribution < -0.4 is 5.56 Å². The highest BCUT2D eigenvalue weighted by Crippen LogP contribution is 2.17. The third kappa shape index (κ3) is 1.99. The summed E-state index contributed by atoms with van der Waals surface area (Å²) in [5, 5.41) is 4.08. The molecule has 76 valence electrons. The Bertz CT molecular complexity index is 548. The lowest BCUT2D eigenvalue weighted by Gasteiger charge is -2.05. The van der Waals surface area contributed by atoms with Gasteiger partial charge in [0.2, 0.25) is 0 Å². The SMILES string of the molecule is Cc1cnn(-c2ccccc2Br)c(=O)c1. The minimum atomic E-state index is -0.123. The third-order valence-corrected chi connectivity index (χ3v) is 2.69. The van der Waals surface area contributed by atoms with Crippen molar-refractivity contribution >= 4 is 15.9 Å². The predicted octanol–water partition coefficient (Wildman–Crippen LogP) is 2.30. The van der Waals surface area contributed by atoms with Crippen molar-refractivity contribution in [3.8, 4) is 5.69 Å². The second-order valence-electron chi connectivity index (χ2n) is 3.23. The second kappa shape index (κ2) is 3.98. The zero-order valence-electron chi connectivity index (χ0n) is 8.14. The summed E-state index contributed by atoms with van der Waals surface area (Å²) in [6.45, 7) is 1.85. The maximum atomic E-state index is 11.7. The largest absolute Gasteiger partial charge is 0.271 e. The molecule has 0 spiro atoms. The van der Waals surface area contributed by atoms with E-state index >= 15 is 0 Å². The number of halogens is 1. The van der Waals surface area contributed by atoms with Gasteiger partial charge in [0, 0.05) is 10.5 Å². The van der Waals surface area contributed by atoms with Crippen LogP contribution in [-0.4, -0.2) is 9.78 Å². The Morgan fingerprint density at radius 2 is 2.07 bits per heavy atom. The molecule has 1 aromatic heterocycles. The molecule has 1 heterocycles. The van der Waals surface area contributed by atoms with E-state index in [1.165, 1.54) is 4.68 Å². The van der Waals surface area contributed by atoms with Crippen LogP contribution in [0.5, 0.6) is 0 Å². The van der Waals surface area contributed by atoms with Crippen molar-refractivity contribution in [3.63, 3.8) is 0 Å². The number of aromatic nitrogens is 2. The first-order valence-electron chi connectivity index (χ1n) is 4.49. The van der Waals surface area contributed by atoms with Crippen LogP contribution in [0, 0.1) is 6.92 Å². The van der Waals surface area contributed by atoms with Crippen molar-refractivity contribution in [3.05, 3.63) is 56.9 Å². The van der Waals surface area contributed by atoms with Crippen molar-refractivity contribution in [1.82, 2.24) is 9.78 Å². The molecule has 0 atom stereocenters. The first-order valence-corrected chi connectivity index (χ1v) is 5.28. The van der Waals surface area contributed by atoms with Crippen molar-refractivity contribution in [2.24, 2.45) is 0 Å². The standard InChI is InChI=1S/C11H9BrN2O/c1-8-6-11(15)14(13-7-8)10-5-3-2-4-9(10)12/h2-7H,1H3. The molecule has 0 fully saturated rings. The van der Waals surface area contributed by atoms with E-state index in [4.69, 9.17) is 0 Å². The molecule has 0 aliphatic carbocycles. The number of aryl methyl sites for hydroxylation is 1. The van der Waals surface area contributed by atoms with E-state index in [0.29, 0.717) is 0 Å². The molecule has 0 N–H and O–H groups in total. The Morgan fingerprint density at radius 1 is 1.33 bits per heavy atom.